The Bertz CT molecular complexity index is 1310. The standard InChI is InChI=1S/C21H21ClN4O5S/c22-14-10-16(19(23-12-14)26-7-5-21(3-4-21)6-8-26)25-32(29,30)15-2-1-13-9-18(20(27)24-28)31-17(13)11-15/h1-2,9-12,25,28H,3-8H2,(H,24,27). The Kier molecular flexibility index (Phi) is 5.03. The molecule has 3 N–H and O–H groups in total. The summed E-state index contributed by atoms with van der Waals surface area (Å²) in [6.07, 6.45) is 6.19. The minimum atomic E-state index is -4.00. The summed E-state index contributed by atoms with van der Waals surface area (Å²) in [5, 5.41) is 9.61. The predicted octanol–water partition coefficient (Wildman–Crippen LogP) is 3.78. The minimum absolute atomic E-state index is 0.0446. The van der Waals surface area contributed by atoms with Crippen LogP contribution in [-0.4, -0.2) is 37.6 Å². The third-order valence-electron chi connectivity index (χ3n) is 6.29. The normalized spacial score (nSPS) is 17.5. The van der Waals surface area contributed by atoms with Gasteiger partial charge < -0.3 is 9.32 Å². The Balaban J connectivity index is 1.44. The van der Waals surface area contributed by atoms with Crippen LogP contribution < -0.4 is 15.1 Å². The van der Waals surface area contributed by atoms with E-state index in [0.29, 0.717) is 27.3 Å². The molecule has 1 saturated heterocycles. The van der Waals surface area contributed by atoms with Gasteiger partial charge >= 0.3 is 5.91 Å². The second-order valence-electron chi connectivity index (χ2n) is 8.37. The smallest absolute Gasteiger partial charge is 0.310 e. The van der Waals surface area contributed by atoms with Crippen molar-refractivity contribution in [2.45, 2.75) is 30.6 Å². The van der Waals surface area contributed by atoms with E-state index in [1.807, 2.05) is 0 Å². The van der Waals surface area contributed by atoms with Crippen molar-refractivity contribution in [2.24, 2.45) is 5.41 Å². The number of amides is 1. The van der Waals surface area contributed by atoms with Crippen LogP contribution in [0.5, 0.6) is 0 Å². The number of piperidine rings is 1. The van der Waals surface area contributed by atoms with Crippen LogP contribution in [0.25, 0.3) is 11.0 Å². The molecule has 1 saturated carbocycles. The van der Waals surface area contributed by atoms with Crippen molar-refractivity contribution < 1.29 is 22.8 Å². The van der Waals surface area contributed by atoms with Gasteiger partial charge in [-0.1, -0.05) is 11.6 Å². The van der Waals surface area contributed by atoms with Gasteiger partial charge in [0.05, 0.1) is 15.6 Å². The molecule has 3 heterocycles. The molecule has 1 spiro atoms. The molecule has 0 bridgehead atoms. The molecule has 168 valence electrons. The Hall–Kier alpha value is -2.82. The lowest BCUT2D eigenvalue weighted by molar-refractivity contribution is 0.0678. The van der Waals surface area contributed by atoms with Crippen molar-refractivity contribution in [3.63, 3.8) is 0 Å². The molecule has 1 aromatic carbocycles. The van der Waals surface area contributed by atoms with Crippen molar-refractivity contribution >= 4 is 50.0 Å². The minimum Gasteiger partial charge on any atom is -0.451 e. The van der Waals surface area contributed by atoms with Gasteiger partial charge in [0.25, 0.3) is 10.0 Å². The van der Waals surface area contributed by atoms with Gasteiger partial charge in [-0.15, -0.1) is 0 Å². The van der Waals surface area contributed by atoms with E-state index in [4.69, 9.17) is 21.2 Å². The second-order valence-corrected chi connectivity index (χ2v) is 10.5. The largest absolute Gasteiger partial charge is 0.451 e. The molecule has 32 heavy (non-hydrogen) atoms. The van der Waals surface area contributed by atoms with E-state index >= 15 is 0 Å². The molecule has 1 aliphatic carbocycles. The number of carbonyl (C=O) groups is 1. The van der Waals surface area contributed by atoms with Crippen molar-refractivity contribution in [3.05, 3.63) is 47.3 Å². The van der Waals surface area contributed by atoms with Crippen molar-refractivity contribution in [1.82, 2.24) is 10.5 Å². The van der Waals surface area contributed by atoms with Crippen LogP contribution in [0.15, 0.2) is 45.8 Å². The van der Waals surface area contributed by atoms with Crippen LogP contribution in [0.1, 0.15) is 36.2 Å². The number of nitrogens with one attached hydrogen (secondary N) is 2. The Labute approximate surface area is 189 Å². The molecule has 3 aromatic rings. The molecule has 1 aliphatic heterocycles. The number of carbonyl (C=O) groups excluding carboxylic acids is 1. The third kappa shape index (κ3) is 3.89. The lowest BCUT2D eigenvalue weighted by Gasteiger charge is -2.34. The Morgan fingerprint density at radius 2 is 1.91 bits per heavy atom. The number of hydrogen-bond donors (Lipinski definition) is 3. The fraction of sp³-hybridized carbons (Fsp3) is 0.333. The number of pyridine rings is 1. The highest BCUT2D eigenvalue weighted by atomic mass is 35.5. The molecular weight excluding hydrogens is 456 g/mol. The zero-order valence-corrected chi connectivity index (χ0v) is 18.5. The zero-order valence-electron chi connectivity index (χ0n) is 17.0. The summed E-state index contributed by atoms with van der Waals surface area (Å²) in [6, 6.07) is 7.22. The zero-order chi connectivity index (χ0) is 22.5. The molecule has 1 amide bonds. The number of hydrogen-bond acceptors (Lipinski definition) is 7. The fourth-order valence-corrected chi connectivity index (χ4v) is 5.40. The van der Waals surface area contributed by atoms with Crippen LogP contribution in [0.4, 0.5) is 11.5 Å². The predicted molar refractivity (Wildman–Crippen MR) is 119 cm³/mol. The number of hydroxylamine groups is 1. The molecule has 0 radical (unpaired) electrons. The highest BCUT2D eigenvalue weighted by Crippen LogP contribution is 2.54. The van der Waals surface area contributed by atoms with Gasteiger partial charge in [0.1, 0.15) is 5.58 Å². The summed E-state index contributed by atoms with van der Waals surface area (Å²) in [7, 11) is -4.00. The molecule has 5 rings (SSSR count). The van der Waals surface area contributed by atoms with E-state index in [9.17, 15) is 13.2 Å². The van der Waals surface area contributed by atoms with E-state index in [1.165, 1.54) is 48.8 Å². The molecule has 0 unspecified atom stereocenters. The molecule has 2 aliphatic rings. The van der Waals surface area contributed by atoms with E-state index in [2.05, 4.69) is 14.6 Å². The molecule has 2 fully saturated rings. The first-order valence-corrected chi connectivity index (χ1v) is 12.1. The number of rotatable bonds is 5. The highest BCUT2D eigenvalue weighted by Gasteiger charge is 2.44. The summed E-state index contributed by atoms with van der Waals surface area (Å²) in [5.41, 5.74) is 2.47. The van der Waals surface area contributed by atoms with Gasteiger partial charge in [-0.25, -0.2) is 18.9 Å². The maximum absolute atomic E-state index is 13.1. The summed E-state index contributed by atoms with van der Waals surface area (Å²) in [6.45, 7) is 1.63. The van der Waals surface area contributed by atoms with E-state index in [0.717, 1.165) is 25.9 Å². The summed E-state index contributed by atoms with van der Waals surface area (Å²) < 4.78 is 34.3. The number of benzene rings is 1. The number of aromatic nitrogens is 1. The van der Waals surface area contributed by atoms with Crippen LogP contribution >= 0.6 is 11.6 Å². The van der Waals surface area contributed by atoms with Crippen molar-refractivity contribution in [1.29, 1.82) is 0 Å². The fourth-order valence-electron chi connectivity index (χ4n) is 4.18. The summed E-state index contributed by atoms with van der Waals surface area (Å²) in [5.74, 6) is -0.410. The monoisotopic (exact) mass is 476 g/mol. The average Bonchev–Trinajstić information content (AvgIpc) is 3.38. The molecule has 9 nitrogen and oxygen atoms in total. The quantitative estimate of drug-likeness (QED) is 0.378. The van der Waals surface area contributed by atoms with Gasteiger partial charge in [-0.3, -0.25) is 14.7 Å². The average molecular weight is 477 g/mol. The van der Waals surface area contributed by atoms with Gasteiger partial charge in [-0.2, -0.15) is 0 Å². The number of nitrogens with zero attached hydrogens (tertiary/aromatic N) is 2. The lowest BCUT2D eigenvalue weighted by Crippen LogP contribution is -2.35. The first-order valence-electron chi connectivity index (χ1n) is 10.2. The molecule has 0 atom stereocenters. The Morgan fingerprint density at radius 3 is 2.59 bits per heavy atom. The highest BCUT2D eigenvalue weighted by molar-refractivity contribution is 7.92. The number of sulfonamides is 1. The second kappa shape index (κ2) is 7.65. The van der Waals surface area contributed by atoms with Crippen molar-refractivity contribution in [3.8, 4) is 0 Å². The van der Waals surface area contributed by atoms with E-state index in [-0.39, 0.29) is 16.2 Å². The number of anilines is 2. The van der Waals surface area contributed by atoms with Crippen LogP contribution in [0, 0.1) is 5.41 Å². The third-order valence-corrected chi connectivity index (χ3v) is 7.86. The number of furan rings is 1. The molecule has 11 heteroatoms. The SMILES string of the molecule is O=C(NO)c1cc2ccc(S(=O)(=O)Nc3cc(Cl)cnc3N3CCC4(CC3)CC4)cc2o1. The van der Waals surface area contributed by atoms with Crippen LogP contribution in [-0.2, 0) is 10.0 Å². The molecule has 2 aromatic heterocycles. The topological polar surface area (TPSA) is 125 Å². The summed E-state index contributed by atoms with van der Waals surface area (Å²) in [4.78, 5) is 18.0. The van der Waals surface area contributed by atoms with E-state index in [1.54, 1.807) is 6.07 Å². The Morgan fingerprint density at radius 1 is 1.16 bits per heavy atom. The first-order chi connectivity index (χ1) is 15.3. The van der Waals surface area contributed by atoms with Crippen LogP contribution in [0.2, 0.25) is 5.02 Å². The maximum Gasteiger partial charge on any atom is 0.310 e. The van der Waals surface area contributed by atoms with Gasteiger partial charge in [0.2, 0.25) is 0 Å². The first kappa shape index (κ1) is 21.0. The van der Waals surface area contributed by atoms with Crippen molar-refractivity contribution in [2.75, 3.05) is 22.7 Å². The summed E-state index contributed by atoms with van der Waals surface area (Å²) >= 11 is 6.12. The van der Waals surface area contributed by atoms with Gasteiger partial charge in [-0.05, 0) is 55.4 Å². The number of fused-ring (bicyclic) bond motifs is 1. The lowest BCUT2D eigenvalue weighted by atomic mass is 9.94. The van der Waals surface area contributed by atoms with E-state index < -0.39 is 15.9 Å². The number of halogens is 1. The maximum atomic E-state index is 13.1. The van der Waals surface area contributed by atoms with Gasteiger partial charge in [0.15, 0.2) is 11.6 Å². The van der Waals surface area contributed by atoms with Gasteiger partial charge in [0, 0.05) is 30.7 Å². The van der Waals surface area contributed by atoms with Crippen LogP contribution in [0.3, 0.4) is 0 Å². The molecular formula is C21H21ClN4O5S.